The van der Waals surface area contributed by atoms with Crippen molar-refractivity contribution in [1.29, 1.82) is 0 Å². The van der Waals surface area contributed by atoms with Crippen LogP contribution in [0.1, 0.15) is 33.6 Å². The molecule has 20 heavy (non-hydrogen) atoms. The second-order valence-electron chi connectivity index (χ2n) is 6.57. The van der Waals surface area contributed by atoms with E-state index in [9.17, 15) is 0 Å². The maximum absolute atomic E-state index is 5.77. The van der Waals surface area contributed by atoms with Gasteiger partial charge >= 0.3 is 0 Å². The molecular formula is C14H26N6. The number of nitrogens with zero attached hydrogens (tertiary/aromatic N) is 2. The first-order valence-electron chi connectivity index (χ1n) is 7.28. The maximum Gasteiger partial charge on any atom is 0.223 e. The van der Waals surface area contributed by atoms with E-state index in [1.807, 2.05) is 6.07 Å². The molecule has 0 aromatic carbocycles. The van der Waals surface area contributed by atoms with Crippen LogP contribution in [0.3, 0.4) is 0 Å². The molecule has 1 aromatic heterocycles. The van der Waals surface area contributed by atoms with Gasteiger partial charge in [0.15, 0.2) is 0 Å². The van der Waals surface area contributed by atoms with Gasteiger partial charge in [0.05, 0.1) is 0 Å². The van der Waals surface area contributed by atoms with Gasteiger partial charge in [0.25, 0.3) is 0 Å². The lowest BCUT2D eigenvalue weighted by Crippen LogP contribution is -2.23. The second-order valence-corrected chi connectivity index (χ2v) is 6.57. The Bertz CT molecular complexity index is 434. The first-order chi connectivity index (χ1) is 9.42. The van der Waals surface area contributed by atoms with Crippen LogP contribution in [-0.2, 0) is 0 Å². The zero-order chi connectivity index (χ0) is 14.6. The van der Waals surface area contributed by atoms with E-state index in [1.54, 1.807) is 0 Å². The molecule has 0 amide bonds. The van der Waals surface area contributed by atoms with Crippen LogP contribution in [0, 0.1) is 5.41 Å². The Hall–Kier alpha value is -1.56. The molecule has 0 radical (unpaired) electrons. The Kier molecular flexibility index (Phi) is 4.65. The van der Waals surface area contributed by atoms with Crippen LogP contribution < -0.4 is 21.7 Å². The van der Waals surface area contributed by atoms with Crippen molar-refractivity contribution in [2.45, 2.75) is 39.7 Å². The van der Waals surface area contributed by atoms with E-state index >= 15 is 0 Å². The predicted octanol–water partition coefficient (Wildman–Crippen LogP) is 1.68. The Labute approximate surface area is 121 Å². The van der Waals surface area contributed by atoms with Crippen molar-refractivity contribution < 1.29 is 0 Å². The molecule has 1 aromatic rings. The number of aromatic nitrogens is 2. The molecule has 2 heterocycles. The molecule has 1 saturated heterocycles. The molecule has 1 atom stereocenters. The van der Waals surface area contributed by atoms with Crippen LogP contribution in [0.25, 0.3) is 0 Å². The number of hydrogen-bond donors (Lipinski definition) is 4. The molecular weight excluding hydrogens is 252 g/mol. The van der Waals surface area contributed by atoms with Gasteiger partial charge in [-0.3, -0.25) is 0 Å². The number of anilines is 3. The third-order valence-corrected chi connectivity index (χ3v) is 3.34. The molecule has 0 aliphatic carbocycles. The fourth-order valence-corrected chi connectivity index (χ4v) is 2.18. The van der Waals surface area contributed by atoms with Crippen molar-refractivity contribution in [2.24, 2.45) is 5.41 Å². The summed E-state index contributed by atoms with van der Waals surface area (Å²) >= 11 is 0. The topological polar surface area (TPSA) is 87.9 Å². The average Bonchev–Trinajstić information content (AvgIpc) is 2.79. The first kappa shape index (κ1) is 14.8. The minimum Gasteiger partial charge on any atom is -0.370 e. The van der Waals surface area contributed by atoms with Gasteiger partial charge in [-0.05, 0) is 24.8 Å². The monoisotopic (exact) mass is 278 g/mol. The summed E-state index contributed by atoms with van der Waals surface area (Å²) < 4.78 is 0. The minimum absolute atomic E-state index is 0.305. The minimum atomic E-state index is 0.305. The molecule has 0 spiro atoms. The molecule has 0 bridgehead atoms. The molecule has 0 saturated carbocycles. The SMILES string of the molecule is CC(C)(C)CCNc1cc(N[C@H]2CCNC2)nc(N)n1. The number of rotatable bonds is 5. The van der Waals surface area contributed by atoms with E-state index in [4.69, 9.17) is 5.73 Å². The summed E-state index contributed by atoms with van der Waals surface area (Å²) in [5, 5.41) is 10.0. The molecule has 5 N–H and O–H groups in total. The quantitative estimate of drug-likeness (QED) is 0.655. The van der Waals surface area contributed by atoms with Crippen LogP contribution in [-0.4, -0.2) is 35.6 Å². The zero-order valence-electron chi connectivity index (χ0n) is 12.7. The van der Waals surface area contributed by atoms with Gasteiger partial charge in [-0.1, -0.05) is 20.8 Å². The van der Waals surface area contributed by atoms with Crippen LogP contribution in [0.5, 0.6) is 0 Å². The van der Waals surface area contributed by atoms with E-state index in [2.05, 4.69) is 46.7 Å². The van der Waals surface area contributed by atoms with Gasteiger partial charge in [0.2, 0.25) is 5.95 Å². The van der Waals surface area contributed by atoms with Crippen molar-refractivity contribution in [2.75, 3.05) is 36.0 Å². The van der Waals surface area contributed by atoms with E-state index < -0.39 is 0 Å². The van der Waals surface area contributed by atoms with Crippen molar-refractivity contribution in [1.82, 2.24) is 15.3 Å². The number of nitrogens with two attached hydrogens (primary N) is 1. The highest BCUT2D eigenvalue weighted by molar-refractivity contribution is 5.51. The Morgan fingerprint density at radius 2 is 2.10 bits per heavy atom. The maximum atomic E-state index is 5.77. The van der Waals surface area contributed by atoms with Crippen LogP contribution in [0.4, 0.5) is 17.6 Å². The number of nitrogen functional groups attached to an aromatic ring is 1. The van der Waals surface area contributed by atoms with E-state index in [-0.39, 0.29) is 0 Å². The summed E-state index contributed by atoms with van der Waals surface area (Å²) in [6.07, 6.45) is 2.18. The summed E-state index contributed by atoms with van der Waals surface area (Å²) in [7, 11) is 0. The van der Waals surface area contributed by atoms with Crippen molar-refractivity contribution in [3.63, 3.8) is 0 Å². The molecule has 2 rings (SSSR count). The van der Waals surface area contributed by atoms with E-state index in [1.165, 1.54) is 0 Å². The van der Waals surface area contributed by atoms with Crippen molar-refractivity contribution in [3.05, 3.63) is 6.07 Å². The smallest absolute Gasteiger partial charge is 0.223 e. The normalized spacial score (nSPS) is 19.1. The molecule has 112 valence electrons. The molecule has 0 unspecified atom stereocenters. The van der Waals surface area contributed by atoms with Gasteiger partial charge in [-0.25, -0.2) is 0 Å². The second kappa shape index (κ2) is 6.26. The summed E-state index contributed by atoms with van der Waals surface area (Å²) in [6.45, 7) is 9.57. The average molecular weight is 278 g/mol. The molecule has 1 fully saturated rings. The standard InChI is InChI=1S/C14H26N6/c1-14(2,3)5-7-17-11-8-12(20-13(15)19-11)18-10-4-6-16-9-10/h8,10,16H,4-7,9H2,1-3H3,(H4,15,17,18,19,20)/t10-/m0/s1. The third kappa shape index (κ3) is 4.85. The van der Waals surface area contributed by atoms with E-state index in [0.717, 1.165) is 44.1 Å². The zero-order valence-corrected chi connectivity index (χ0v) is 12.7. The molecule has 6 nitrogen and oxygen atoms in total. The van der Waals surface area contributed by atoms with Gasteiger partial charge in [0, 0.05) is 25.2 Å². The number of hydrogen-bond acceptors (Lipinski definition) is 6. The highest BCUT2D eigenvalue weighted by Gasteiger charge is 2.15. The largest absolute Gasteiger partial charge is 0.370 e. The predicted molar refractivity (Wildman–Crippen MR) is 83.9 cm³/mol. The first-order valence-corrected chi connectivity index (χ1v) is 7.28. The van der Waals surface area contributed by atoms with Gasteiger partial charge in [0.1, 0.15) is 11.6 Å². The highest BCUT2D eigenvalue weighted by atomic mass is 15.1. The Balaban J connectivity index is 1.93. The Morgan fingerprint density at radius 3 is 2.75 bits per heavy atom. The van der Waals surface area contributed by atoms with Crippen molar-refractivity contribution >= 4 is 17.6 Å². The third-order valence-electron chi connectivity index (χ3n) is 3.34. The van der Waals surface area contributed by atoms with Crippen LogP contribution in [0.15, 0.2) is 6.07 Å². The molecule has 1 aliphatic heterocycles. The van der Waals surface area contributed by atoms with Gasteiger partial charge in [-0.2, -0.15) is 9.97 Å². The lowest BCUT2D eigenvalue weighted by molar-refractivity contribution is 0.389. The Morgan fingerprint density at radius 1 is 1.35 bits per heavy atom. The summed E-state index contributed by atoms with van der Waals surface area (Å²) in [5.74, 6) is 1.89. The van der Waals surface area contributed by atoms with Gasteiger partial charge < -0.3 is 21.7 Å². The fourth-order valence-electron chi connectivity index (χ4n) is 2.18. The van der Waals surface area contributed by atoms with Crippen LogP contribution in [0.2, 0.25) is 0 Å². The molecule has 6 heteroatoms. The highest BCUT2D eigenvalue weighted by Crippen LogP contribution is 2.19. The summed E-state index contributed by atoms with van der Waals surface area (Å²) in [5.41, 5.74) is 6.08. The fraction of sp³-hybridized carbons (Fsp3) is 0.714. The number of nitrogens with one attached hydrogen (secondary N) is 3. The lowest BCUT2D eigenvalue weighted by atomic mass is 9.92. The van der Waals surface area contributed by atoms with Crippen LogP contribution >= 0.6 is 0 Å². The van der Waals surface area contributed by atoms with Gasteiger partial charge in [-0.15, -0.1) is 0 Å². The lowest BCUT2D eigenvalue weighted by Gasteiger charge is -2.18. The molecule has 1 aliphatic rings. The summed E-state index contributed by atoms with van der Waals surface area (Å²) in [4.78, 5) is 8.47. The van der Waals surface area contributed by atoms with E-state index in [0.29, 0.717) is 17.4 Å². The summed E-state index contributed by atoms with van der Waals surface area (Å²) in [6, 6.07) is 2.35. The van der Waals surface area contributed by atoms with Crippen molar-refractivity contribution in [3.8, 4) is 0 Å².